The molecule has 22 heavy (non-hydrogen) atoms. The third-order valence-electron chi connectivity index (χ3n) is 4.87. The summed E-state index contributed by atoms with van der Waals surface area (Å²) in [6, 6.07) is 7.35. The highest BCUT2D eigenvalue weighted by Gasteiger charge is 2.54. The Kier molecular flexibility index (Phi) is 3.04. The second kappa shape index (κ2) is 4.95. The van der Waals surface area contributed by atoms with Crippen LogP contribution in [-0.2, 0) is 5.72 Å². The smallest absolute Gasteiger partial charge is 0.257 e. The van der Waals surface area contributed by atoms with E-state index in [2.05, 4.69) is 9.97 Å². The molecule has 114 valence electrons. The number of nitrogens with zero attached hydrogens (tertiary/aromatic N) is 2. The Morgan fingerprint density at radius 2 is 2.00 bits per heavy atom. The van der Waals surface area contributed by atoms with Crippen LogP contribution in [0.5, 0.6) is 0 Å². The van der Waals surface area contributed by atoms with Gasteiger partial charge in [0.2, 0.25) is 5.72 Å². The quantitative estimate of drug-likeness (QED) is 0.894. The largest absolute Gasteiger partial charge is 0.361 e. The third kappa shape index (κ3) is 1.75. The van der Waals surface area contributed by atoms with E-state index in [9.17, 15) is 9.90 Å². The number of rotatable bonds is 2. The second-order valence-electron chi connectivity index (χ2n) is 6.12. The fraction of sp³-hybridized carbons (Fsp3) is 0.412. The number of H-pyrrole nitrogens is 1. The molecule has 1 atom stereocenters. The van der Waals surface area contributed by atoms with Gasteiger partial charge in [-0.25, -0.2) is 4.98 Å². The van der Waals surface area contributed by atoms with Crippen LogP contribution in [-0.4, -0.2) is 31.9 Å². The molecular weight excluding hydrogens is 278 g/mol. The van der Waals surface area contributed by atoms with E-state index in [4.69, 9.17) is 0 Å². The van der Waals surface area contributed by atoms with Gasteiger partial charge in [-0.2, -0.15) is 0 Å². The van der Waals surface area contributed by atoms with Gasteiger partial charge in [-0.05, 0) is 18.9 Å². The highest BCUT2D eigenvalue weighted by Crippen LogP contribution is 2.44. The maximum atomic E-state index is 12.9. The summed E-state index contributed by atoms with van der Waals surface area (Å²) in [6.45, 7) is 0. The number of hydrogen-bond acceptors (Lipinski definition) is 3. The predicted octanol–water partition coefficient (Wildman–Crippen LogP) is 2.39. The number of amides is 1. The average molecular weight is 297 g/mol. The van der Waals surface area contributed by atoms with Crippen LogP contribution in [0.1, 0.15) is 53.8 Å². The van der Waals surface area contributed by atoms with Crippen molar-refractivity contribution in [2.24, 2.45) is 0 Å². The van der Waals surface area contributed by atoms with Crippen molar-refractivity contribution in [2.75, 3.05) is 0 Å². The summed E-state index contributed by atoms with van der Waals surface area (Å²) in [6.07, 6.45) is 8.55. The first kappa shape index (κ1) is 13.5. The molecule has 5 heteroatoms. The first-order chi connectivity index (χ1) is 10.7. The molecule has 0 bridgehead atoms. The zero-order valence-electron chi connectivity index (χ0n) is 12.3. The topological polar surface area (TPSA) is 69.2 Å². The summed E-state index contributed by atoms with van der Waals surface area (Å²) in [4.78, 5) is 21.8. The minimum absolute atomic E-state index is 0.0590. The minimum atomic E-state index is -1.49. The number of benzene rings is 1. The highest BCUT2D eigenvalue weighted by molar-refractivity contribution is 6.00. The Hall–Kier alpha value is -2.14. The maximum absolute atomic E-state index is 12.9. The van der Waals surface area contributed by atoms with Crippen LogP contribution in [0, 0.1) is 0 Å². The molecule has 0 unspecified atom stereocenters. The average Bonchev–Trinajstić information content (AvgIpc) is 3.17. The van der Waals surface area contributed by atoms with Gasteiger partial charge in [-0.3, -0.25) is 9.69 Å². The standard InChI is InChI=1S/C17H19N3O2/c21-15-13-8-4-5-9-14(13)17(22,16-18-10-11-19-16)20(15)12-6-2-1-3-7-12/h4-5,8-12,22H,1-3,6-7H2,(H,18,19)/t17-/m1/s1. The SMILES string of the molecule is O=C1c2ccccc2[C@@](O)(c2ncc[nH]2)N1C1CCCCC1. The zero-order valence-corrected chi connectivity index (χ0v) is 12.3. The Balaban J connectivity index is 1.88. The minimum Gasteiger partial charge on any atom is -0.361 e. The molecule has 0 spiro atoms. The number of aromatic nitrogens is 2. The van der Waals surface area contributed by atoms with Crippen LogP contribution in [0.2, 0.25) is 0 Å². The number of carbonyl (C=O) groups is 1. The van der Waals surface area contributed by atoms with E-state index in [0.717, 1.165) is 25.7 Å². The van der Waals surface area contributed by atoms with Crippen LogP contribution < -0.4 is 0 Å². The predicted molar refractivity (Wildman–Crippen MR) is 81.1 cm³/mol. The third-order valence-corrected chi connectivity index (χ3v) is 4.87. The summed E-state index contributed by atoms with van der Waals surface area (Å²) >= 11 is 0. The van der Waals surface area contributed by atoms with Gasteiger partial charge in [0, 0.05) is 29.6 Å². The molecule has 0 radical (unpaired) electrons. The number of aliphatic hydroxyl groups is 1. The first-order valence-corrected chi connectivity index (χ1v) is 7.88. The number of imidazole rings is 1. The summed E-state index contributed by atoms with van der Waals surface area (Å²) in [5.41, 5.74) is -0.286. The zero-order chi connectivity index (χ0) is 15.2. The molecule has 1 aromatic heterocycles. The van der Waals surface area contributed by atoms with E-state index in [-0.39, 0.29) is 11.9 Å². The fourth-order valence-corrected chi connectivity index (χ4v) is 3.85. The number of nitrogens with one attached hydrogen (secondary N) is 1. The van der Waals surface area contributed by atoms with Crippen molar-refractivity contribution in [3.05, 3.63) is 53.6 Å². The molecule has 4 rings (SSSR count). The molecule has 0 saturated heterocycles. The van der Waals surface area contributed by atoms with Crippen molar-refractivity contribution < 1.29 is 9.90 Å². The van der Waals surface area contributed by atoms with Gasteiger partial charge >= 0.3 is 0 Å². The summed E-state index contributed by atoms with van der Waals surface area (Å²) < 4.78 is 0. The summed E-state index contributed by atoms with van der Waals surface area (Å²) in [5.74, 6) is 0.317. The van der Waals surface area contributed by atoms with E-state index < -0.39 is 5.72 Å². The van der Waals surface area contributed by atoms with Gasteiger partial charge in [0.1, 0.15) is 0 Å². The van der Waals surface area contributed by atoms with Crippen molar-refractivity contribution in [1.29, 1.82) is 0 Å². The lowest BCUT2D eigenvalue weighted by Gasteiger charge is -2.40. The van der Waals surface area contributed by atoms with Crippen LogP contribution >= 0.6 is 0 Å². The van der Waals surface area contributed by atoms with E-state index in [1.807, 2.05) is 18.2 Å². The van der Waals surface area contributed by atoms with E-state index in [1.54, 1.807) is 23.4 Å². The molecule has 1 saturated carbocycles. The molecular formula is C17H19N3O2. The van der Waals surface area contributed by atoms with E-state index in [1.165, 1.54) is 6.42 Å². The lowest BCUT2D eigenvalue weighted by Crippen LogP contribution is -2.51. The van der Waals surface area contributed by atoms with Crippen LogP contribution in [0.25, 0.3) is 0 Å². The Bertz CT molecular complexity index is 692. The van der Waals surface area contributed by atoms with E-state index >= 15 is 0 Å². The van der Waals surface area contributed by atoms with Gasteiger partial charge in [0.05, 0.1) is 0 Å². The molecule has 1 amide bonds. The highest BCUT2D eigenvalue weighted by atomic mass is 16.3. The van der Waals surface area contributed by atoms with Crippen molar-refractivity contribution in [2.45, 2.75) is 43.9 Å². The van der Waals surface area contributed by atoms with Crippen LogP contribution in [0.3, 0.4) is 0 Å². The molecule has 1 aliphatic carbocycles. The first-order valence-electron chi connectivity index (χ1n) is 7.88. The molecule has 1 aromatic carbocycles. The molecule has 5 nitrogen and oxygen atoms in total. The normalized spacial score (nSPS) is 25.5. The van der Waals surface area contributed by atoms with Gasteiger partial charge in [-0.15, -0.1) is 0 Å². The van der Waals surface area contributed by atoms with Crippen LogP contribution in [0.15, 0.2) is 36.7 Å². The Labute approximate surface area is 129 Å². The number of aromatic amines is 1. The lowest BCUT2D eigenvalue weighted by molar-refractivity contribution is -0.0809. The Morgan fingerprint density at radius 3 is 2.73 bits per heavy atom. The van der Waals surface area contributed by atoms with Crippen molar-refractivity contribution in [1.82, 2.24) is 14.9 Å². The van der Waals surface area contributed by atoms with Gasteiger partial charge in [0.25, 0.3) is 5.91 Å². The number of fused-ring (bicyclic) bond motifs is 1. The molecule has 2 aromatic rings. The monoisotopic (exact) mass is 297 g/mol. The maximum Gasteiger partial charge on any atom is 0.257 e. The van der Waals surface area contributed by atoms with Crippen LogP contribution in [0.4, 0.5) is 0 Å². The number of carbonyl (C=O) groups excluding carboxylic acids is 1. The molecule has 1 fully saturated rings. The van der Waals surface area contributed by atoms with Gasteiger partial charge < -0.3 is 10.1 Å². The number of hydrogen-bond donors (Lipinski definition) is 2. The van der Waals surface area contributed by atoms with Gasteiger partial charge in [-0.1, -0.05) is 37.5 Å². The summed E-state index contributed by atoms with van der Waals surface area (Å²) in [7, 11) is 0. The lowest BCUT2D eigenvalue weighted by atomic mass is 9.92. The summed E-state index contributed by atoms with van der Waals surface area (Å²) in [5, 5.41) is 11.5. The van der Waals surface area contributed by atoms with Gasteiger partial charge in [0.15, 0.2) is 5.82 Å². The fourth-order valence-electron chi connectivity index (χ4n) is 3.85. The van der Waals surface area contributed by atoms with Crippen molar-refractivity contribution in [3.8, 4) is 0 Å². The second-order valence-corrected chi connectivity index (χ2v) is 6.12. The molecule has 1 aliphatic heterocycles. The van der Waals surface area contributed by atoms with Crippen molar-refractivity contribution in [3.63, 3.8) is 0 Å². The molecule has 2 N–H and O–H groups in total. The Morgan fingerprint density at radius 1 is 1.23 bits per heavy atom. The van der Waals surface area contributed by atoms with E-state index in [0.29, 0.717) is 17.0 Å². The van der Waals surface area contributed by atoms with Crippen molar-refractivity contribution >= 4 is 5.91 Å². The molecule has 2 aliphatic rings. The molecule has 2 heterocycles.